The maximum atomic E-state index is 8.72. The van der Waals surface area contributed by atoms with Crippen LogP contribution in [0.1, 0.15) is 24.1 Å². The number of pyridine rings is 1. The van der Waals surface area contributed by atoms with Crippen molar-refractivity contribution in [2.45, 2.75) is 32.7 Å². The molecule has 0 radical (unpaired) electrons. The highest BCUT2D eigenvalue weighted by Crippen LogP contribution is 2.37. The Bertz CT molecular complexity index is 1340. The fourth-order valence-electron chi connectivity index (χ4n) is 3.79. The summed E-state index contributed by atoms with van der Waals surface area (Å²) < 4.78 is 4.26. The number of H-pyrrole nitrogens is 1. The van der Waals surface area contributed by atoms with E-state index in [1.807, 2.05) is 23.3 Å². The van der Waals surface area contributed by atoms with Crippen LogP contribution in [0.25, 0.3) is 38.2 Å². The summed E-state index contributed by atoms with van der Waals surface area (Å²) in [6.45, 7) is 2.95. The second kappa shape index (κ2) is 7.22. The Morgan fingerprint density at radius 1 is 1.21 bits per heavy atom. The summed E-state index contributed by atoms with van der Waals surface area (Å²) in [5.41, 5.74) is 4.21. The van der Waals surface area contributed by atoms with Crippen LogP contribution in [-0.4, -0.2) is 24.3 Å². The molecule has 0 aliphatic carbocycles. The lowest BCUT2D eigenvalue weighted by Gasteiger charge is -2.08. The molecule has 5 heterocycles. The van der Waals surface area contributed by atoms with Gasteiger partial charge in [0.05, 0.1) is 34.0 Å². The van der Waals surface area contributed by atoms with E-state index >= 15 is 0 Å². The van der Waals surface area contributed by atoms with Crippen molar-refractivity contribution >= 4 is 33.3 Å². The average Bonchev–Trinajstić information content (AvgIpc) is 3.48. The number of aromatic amines is 1. The van der Waals surface area contributed by atoms with E-state index in [0.717, 1.165) is 52.7 Å². The lowest BCUT2D eigenvalue weighted by atomic mass is 10.2. The molecule has 0 atom stereocenters. The number of rotatable bonds is 6. The molecule has 1 N–H and O–H groups in total. The third kappa shape index (κ3) is 3.12. The molecule has 5 rings (SSSR count). The van der Waals surface area contributed by atoms with Gasteiger partial charge in [-0.3, -0.25) is 4.68 Å². The molecule has 5 aromatic rings. The van der Waals surface area contributed by atoms with Crippen molar-refractivity contribution in [1.82, 2.24) is 24.3 Å². The highest BCUT2D eigenvalue weighted by Gasteiger charge is 2.18. The number of aryl methyl sites for hydroxylation is 2. The highest BCUT2D eigenvalue weighted by atomic mass is 32.1. The molecule has 0 spiro atoms. The first-order chi connectivity index (χ1) is 14.2. The summed E-state index contributed by atoms with van der Waals surface area (Å²) >= 11 is 1.79. The van der Waals surface area contributed by atoms with Crippen LogP contribution in [0.3, 0.4) is 0 Å². The molecule has 0 saturated heterocycles. The van der Waals surface area contributed by atoms with Gasteiger partial charge in [0.1, 0.15) is 5.65 Å². The molecule has 0 fully saturated rings. The zero-order chi connectivity index (χ0) is 19.8. The fourth-order valence-corrected chi connectivity index (χ4v) is 4.66. The summed E-state index contributed by atoms with van der Waals surface area (Å²) in [5.74, 6) is 0. The topological polar surface area (TPSA) is 75.2 Å². The maximum absolute atomic E-state index is 8.72. The molecule has 0 saturated carbocycles. The molecule has 0 amide bonds. The number of nitrogens with zero attached hydrogens (tertiary/aromatic N) is 5. The van der Waals surface area contributed by atoms with E-state index in [-0.39, 0.29) is 0 Å². The van der Waals surface area contributed by atoms with E-state index in [9.17, 15) is 0 Å². The first-order valence-corrected chi connectivity index (χ1v) is 10.5. The van der Waals surface area contributed by atoms with Gasteiger partial charge in [0.25, 0.3) is 0 Å². The molecule has 0 aromatic carbocycles. The van der Waals surface area contributed by atoms with Gasteiger partial charge in [-0.15, -0.1) is 11.3 Å². The molecule has 0 bridgehead atoms. The molecule has 0 unspecified atom stereocenters. The Morgan fingerprint density at radius 3 is 2.97 bits per heavy atom. The smallest absolute Gasteiger partial charge is 0.139 e. The van der Waals surface area contributed by atoms with Crippen LogP contribution in [-0.2, 0) is 6.54 Å². The Morgan fingerprint density at radius 2 is 2.14 bits per heavy atom. The van der Waals surface area contributed by atoms with Crippen LogP contribution < -0.4 is 0 Å². The first kappa shape index (κ1) is 17.7. The van der Waals surface area contributed by atoms with Crippen molar-refractivity contribution in [3.63, 3.8) is 0 Å². The molecule has 29 heavy (non-hydrogen) atoms. The third-order valence-electron chi connectivity index (χ3n) is 5.14. The van der Waals surface area contributed by atoms with Gasteiger partial charge < -0.3 is 9.55 Å². The van der Waals surface area contributed by atoms with Crippen LogP contribution in [0, 0.1) is 18.3 Å². The fraction of sp³-hybridized carbons (Fsp3) is 0.227. The van der Waals surface area contributed by atoms with Gasteiger partial charge in [-0.25, -0.2) is 4.98 Å². The number of fused-ring (bicyclic) bond motifs is 3. The predicted octanol–water partition coefficient (Wildman–Crippen LogP) is 5.43. The molecule has 0 aliphatic rings. The Labute approximate surface area is 172 Å². The summed E-state index contributed by atoms with van der Waals surface area (Å²) in [6.07, 6.45) is 10.3. The second-order valence-corrected chi connectivity index (χ2v) is 8.44. The van der Waals surface area contributed by atoms with E-state index in [2.05, 4.69) is 63.1 Å². The van der Waals surface area contributed by atoms with Gasteiger partial charge in [0.2, 0.25) is 0 Å². The predicted molar refractivity (Wildman–Crippen MR) is 116 cm³/mol. The van der Waals surface area contributed by atoms with Gasteiger partial charge in [0, 0.05) is 47.2 Å². The molecule has 6 nitrogen and oxygen atoms in total. The first-order valence-electron chi connectivity index (χ1n) is 9.69. The van der Waals surface area contributed by atoms with Gasteiger partial charge in [-0.05, 0) is 44.0 Å². The van der Waals surface area contributed by atoms with Crippen LogP contribution >= 0.6 is 11.3 Å². The lowest BCUT2D eigenvalue weighted by molar-refractivity contribution is 0.562. The molecular weight excluding hydrogens is 380 g/mol. The van der Waals surface area contributed by atoms with E-state index < -0.39 is 0 Å². The Balaban J connectivity index is 1.66. The molecule has 0 aliphatic heterocycles. The number of unbranched alkanes of at least 4 members (excludes halogenated alkanes) is 2. The summed E-state index contributed by atoms with van der Waals surface area (Å²) in [7, 11) is 0. The van der Waals surface area contributed by atoms with Gasteiger partial charge in [-0.1, -0.05) is 0 Å². The van der Waals surface area contributed by atoms with Crippen LogP contribution in [0.2, 0.25) is 0 Å². The highest BCUT2D eigenvalue weighted by molar-refractivity contribution is 7.15. The second-order valence-electron chi connectivity index (χ2n) is 7.15. The van der Waals surface area contributed by atoms with Gasteiger partial charge in [-0.2, -0.15) is 10.4 Å². The van der Waals surface area contributed by atoms with Gasteiger partial charge in [0.15, 0.2) is 0 Å². The number of nitrogens with one attached hydrogen (secondary N) is 1. The normalized spacial score (nSPS) is 11.4. The standard InChI is InChI=1S/C22H20N6S/c1-15-5-6-20(29-15)19-11-16-12-25-22-18(7-9-24-22)21(16)28(19)17-13-26-27(14-17)10-4-2-3-8-23/h5-7,9,11-14H,2-4,10H2,1H3,(H,24,25). The Kier molecular flexibility index (Phi) is 4.41. The van der Waals surface area contributed by atoms with Crippen molar-refractivity contribution in [3.05, 3.63) is 53.9 Å². The van der Waals surface area contributed by atoms with Gasteiger partial charge >= 0.3 is 0 Å². The molecule has 5 aromatic heterocycles. The summed E-state index contributed by atoms with van der Waals surface area (Å²) in [6, 6.07) is 10.8. The minimum Gasteiger partial charge on any atom is -0.346 e. The number of hydrogen-bond acceptors (Lipinski definition) is 4. The zero-order valence-corrected chi connectivity index (χ0v) is 16.9. The van der Waals surface area contributed by atoms with Crippen LogP contribution in [0.15, 0.2) is 49.1 Å². The minimum absolute atomic E-state index is 0.594. The van der Waals surface area contributed by atoms with Crippen LogP contribution in [0.4, 0.5) is 0 Å². The van der Waals surface area contributed by atoms with E-state index in [1.165, 1.54) is 9.75 Å². The summed E-state index contributed by atoms with van der Waals surface area (Å²) in [5, 5.41) is 15.5. The van der Waals surface area contributed by atoms with Crippen molar-refractivity contribution in [2.24, 2.45) is 0 Å². The molecular formula is C22H20N6S. The third-order valence-corrected chi connectivity index (χ3v) is 6.16. The molecule has 144 valence electrons. The SMILES string of the molecule is Cc1ccc(-c2cc3cnc4[nH]ccc4c3n2-c2cnn(CCCCC#N)c2)s1. The summed E-state index contributed by atoms with van der Waals surface area (Å²) in [4.78, 5) is 10.3. The number of thiophene rings is 1. The average molecular weight is 401 g/mol. The zero-order valence-electron chi connectivity index (χ0n) is 16.1. The van der Waals surface area contributed by atoms with Crippen molar-refractivity contribution in [1.29, 1.82) is 5.26 Å². The Hall–Kier alpha value is -3.37. The van der Waals surface area contributed by atoms with Crippen molar-refractivity contribution in [2.75, 3.05) is 0 Å². The van der Waals surface area contributed by atoms with E-state index in [4.69, 9.17) is 5.26 Å². The molecule has 7 heteroatoms. The number of aromatic nitrogens is 5. The maximum Gasteiger partial charge on any atom is 0.139 e. The van der Waals surface area contributed by atoms with Crippen molar-refractivity contribution in [3.8, 4) is 22.3 Å². The monoisotopic (exact) mass is 400 g/mol. The lowest BCUT2D eigenvalue weighted by Crippen LogP contribution is -1.99. The van der Waals surface area contributed by atoms with Crippen molar-refractivity contribution < 1.29 is 0 Å². The quantitative estimate of drug-likeness (QED) is 0.386. The van der Waals surface area contributed by atoms with E-state index in [0.29, 0.717) is 6.42 Å². The van der Waals surface area contributed by atoms with Crippen LogP contribution in [0.5, 0.6) is 0 Å². The van der Waals surface area contributed by atoms with E-state index in [1.54, 1.807) is 11.3 Å². The number of nitriles is 1. The largest absolute Gasteiger partial charge is 0.346 e. The minimum atomic E-state index is 0.594. The number of hydrogen-bond donors (Lipinski definition) is 1.